The molecule has 3 aromatic rings. The van der Waals surface area contributed by atoms with Crippen molar-refractivity contribution >= 4 is 46.6 Å². The third kappa shape index (κ3) is 5.94. The van der Waals surface area contributed by atoms with Crippen LogP contribution in [0.3, 0.4) is 0 Å². The maximum Gasteiger partial charge on any atom is 0.205 e. The molecule has 8 nitrogen and oxygen atoms in total. The highest BCUT2D eigenvalue weighted by Crippen LogP contribution is 2.19. The second-order valence-corrected chi connectivity index (χ2v) is 7.92. The molecule has 1 N–H and O–H groups in total. The van der Waals surface area contributed by atoms with Gasteiger partial charge in [0.05, 0.1) is 6.54 Å². The van der Waals surface area contributed by atoms with Gasteiger partial charge in [0.15, 0.2) is 5.96 Å². The molecule has 0 atom stereocenters. The van der Waals surface area contributed by atoms with E-state index in [9.17, 15) is 0 Å². The number of hydrogen-bond acceptors (Lipinski definition) is 6. The lowest BCUT2D eigenvalue weighted by molar-refractivity contribution is 0.372. The van der Waals surface area contributed by atoms with Crippen LogP contribution >= 0.6 is 35.5 Å². The Morgan fingerprint density at radius 3 is 2.55 bits per heavy atom. The van der Waals surface area contributed by atoms with Gasteiger partial charge in [0.1, 0.15) is 5.82 Å². The van der Waals surface area contributed by atoms with Gasteiger partial charge in [-0.25, -0.2) is 4.98 Å². The van der Waals surface area contributed by atoms with Crippen LogP contribution in [-0.4, -0.2) is 63.2 Å². The number of halogens is 1. The number of aromatic nitrogens is 4. The van der Waals surface area contributed by atoms with E-state index >= 15 is 0 Å². The topological polar surface area (TPSA) is 74.5 Å². The molecule has 1 saturated heterocycles. The third-order valence-corrected chi connectivity index (χ3v) is 6.10. The van der Waals surface area contributed by atoms with E-state index in [0.29, 0.717) is 0 Å². The molecule has 0 aliphatic carbocycles. The summed E-state index contributed by atoms with van der Waals surface area (Å²) in [5.41, 5.74) is 2.52. The molecule has 166 valence electrons. The first-order valence-electron chi connectivity index (χ1n) is 10.3. The van der Waals surface area contributed by atoms with Gasteiger partial charge in [-0.2, -0.15) is 9.47 Å². The van der Waals surface area contributed by atoms with E-state index in [4.69, 9.17) is 0 Å². The zero-order valence-corrected chi connectivity index (χ0v) is 21.1. The van der Waals surface area contributed by atoms with Gasteiger partial charge in [0.2, 0.25) is 5.13 Å². The van der Waals surface area contributed by atoms with Crippen LogP contribution in [0.15, 0.2) is 47.7 Å². The number of rotatable bonds is 6. The molecule has 0 saturated carbocycles. The summed E-state index contributed by atoms with van der Waals surface area (Å²) in [6.07, 6.45) is 4.69. The molecular weight excluding hydrogens is 523 g/mol. The lowest BCUT2D eigenvalue weighted by atomic mass is 10.1. The molecule has 1 aliphatic heterocycles. The minimum atomic E-state index is 0. The SMILES string of the molecule is CCc1nsc(N2CCN(C(=NC)NCc3ccccc3Cn3cccn3)CC2)n1.I. The number of aliphatic imine (C=N–C) groups is 1. The van der Waals surface area contributed by atoms with Crippen LogP contribution in [0.4, 0.5) is 5.13 Å². The number of piperazine rings is 1. The lowest BCUT2D eigenvalue weighted by Gasteiger charge is -2.36. The number of nitrogens with one attached hydrogen (secondary N) is 1. The van der Waals surface area contributed by atoms with E-state index in [1.54, 1.807) is 0 Å². The maximum atomic E-state index is 4.62. The summed E-state index contributed by atoms with van der Waals surface area (Å²) in [6.45, 7) is 7.27. The highest BCUT2D eigenvalue weighted by molar-refractivity contribution is 14.0. The van der Waals surface area contributed by atoms with Gasteiger partial charge >= 0.3 is 0 Å². The molecule has 0 bridgehead atoms. The minimum Gasteiger partial charge on any atom is -0.352 e. The van der Waals surface area contributed by atoms with E-state index in [1.807, 2.05) is 30.2 Å². The second kappa shape index (κ2) is 11.4. The van der Waals surface area contributed by atoms with Crippen molar-refractivity contribution < 1.29 is 0 Å². The molecule has 0 radical (unpaired) electrons. The first kappa shape index (κ1) is 23.5. The van der Waals surface area contributed by atoms with Crippen molar-refractivity contribution in [2.24, 2.45) is 4.99 Å². The van der Waals surface area contributed by atoms with Gasteiger partial charge in [-0.15, -0.1) is 24.0 Å². The quantitative estimate of drug-likeness (QED) is 0.288. The predicted molar refractivity (Wildman–Crippen MR) is 136 cm³/mol. The molecule has 10 heteroatoms. The van der Waals surface area contributed by atoms with Crippen LogP contribution in [0.2, 0.25) is 0 Å². The van der Waals surface area contributed by atoms with Gasteiger partial charge in [-0.05, 0) is 17.2 Å². The molecule has 0 spiro atoms. The fraction of sp³-hybridized carbons (Fsp3) is 0.429. The van der Waals surface area contributed by atoms with Crippen molar-refractivity contribution in [2.45, 2.75) is 26.4 Å². The van der Waals surface area contributed by atoms with Crippen LogP contribution in [0.1, 0.15) is 23.9 Å². The summed E-state index contributed by atoms with van der Waals surface area (Å²) in [7, 11) is 1.85. The van der Waals surface area contributed by atoms with Gasteiger partial charge < -0.3 is 15.1 Å². The van der Waals surface area contributed by atoms with Crippen molar-refractivity contribution in [1.29, 1.82) is 0 Å². The Labute approximate surface area is 204 Å². The first-order chi connectivity index (χ1) is 14.8. The van der Waals surface area contributed by atoms with Crippen molar-refractivity contribution in [3.8, 4) is 0 Å². The molecule has 0 unspecified atom stereocenters. The Bertz CT molecular complexity index is 963. The van der Waals surface area contributed by atoms with Crippen LogP contribution in [0.25, 0.3) is 0 Å². The lowest BCUT2D eigenvalue weighted by Crippen LogP contribution is -2.52. The summed E-state index contributed by atoms with van der Waals surface area (Å²) in [6, 6.07) is 10.4. The third-order valence-electron chi connectivity index (χ3n) is 5.28. The summed E-state index contributed by atoms with van der Waals surface area (Å²) in [5.74, 6) is 1.87. The van der Waals surface area contributed by atoms with Crippen molar-refractivity contribution in [1.82, 2.24) is 29.4 Å². The van der Waals surface area contributed by atoms with E-state index < -0.39 is 0 Å². The van der Waals surface area contributed by atoms with Gasteiger partial charge in [-0.3, -0.25) is 9.67 Å². The molecule has 31 heavy (non-hydrogen) atoms. The van der Waals surface area contributed by atoms with E-state index in [2.05, 4.69) is 65.8 Å². The van der Waals surface area contributed by atoms with Crippen LogP contribution in [0, 0.1) is 0 Å². The number of hydrogen-bond donors (Lipinski definition) is 1. The first-order valence-corrected chi connectivity index (χ1v) is 11.1. The highest BCUT2D eigenvalue weighted by atomic mass is 127. The minimum absolute atomic E-state index is 0. The average Bonchev–Trinajstić information content (AvgIpc) is 3.48. The molecule has 4 rings (SSSR count). The van der Waals surface area contributed by atoms with Crippen LogP contribution in [-0.2, 0) is 19.5 Å². The molecule has 1 fully saturated rings. The summed E-state index contributed by atoms with van der Waals surface area (Å²) >= 11 is 1.50. The molecule has 2 aromatic heterocycles. The summed E-state index contributed by atoms with van der Waals surface area (Å²) in [5, 5.41) is 8.90. The van der Waals surface area contributed by atoms with Crippen molar-refractivity contribution in [2.75, 3.05) is 38.1 Å². The maximum absolute atomic E-state index is 4.62. The van der Waals surface area contributed by atoms with Gasteiger partial charge in [0.25, 0.3) is 0 Å². The summed E-state index contributed by atoms with van der Waals surface area (Å²) < 4.78 is 6.36. The molecule has 1 aromatic carbocycles. The molecule has 3 heterocycles. The number of anilines is 1. The van der Waals surface area contributed by atoms with E-state index in [0.717, 1.165) is 62.6 Å². The number of nitrogens with zero attached hydrogens (tertiary/aromatic N) is 7. The summed E-state index contributed by atoms with van der Waals surface area (Å²) in [4.78, 5) is 13.8. The standard InChI is InChI=1S/C21H28N8S.HI/c1-3-19-25-21(30-26-19)28-13-11-27(12-14-28)20(22-2)23-15-17-7-4-5-8-18(17)16-29-10-6-9-24-29;/h4-10H,3,11-16H2,1-2H3,(H,22,23);1H. The van der Waals surface area contributed by atoms with E-state index in [1.165, 1.54) is 22.7 Å². The van der Waals surface area contributed by atoms with Crippen LogP contribution in [0.5, 0.6) is 0 Å². The normalized spacial score (nSPS) is 14.5. The zero-order chi connectivity index (χ0) is 20.8. The highest BCUT2D eigenvalue weighted by Gasteiger charge is 2.22. The number of benzene rings is 1. The van der Waals surface area contributed by atoms with Crippen molar-refractivity contribution in [3.63, 3.8) is 0 Å². The largest absolute Gasteiger partial charge is 0.352 e. The Hall–Kier alpha value is -2.21. The second-order valence-electron chi connectivity index (χ2n) is 7.19. The molecular formula is C21H29IN8S. The smallest absolute Gasteiger partial charge is 0.205 e. The number of guanidine groups is 1. The van der Waals surface area contributed by atoms with Gasteiger partial charge in [-0.1, -0.05) is 31.2 Å². The Kier molecular flexibility index (Phi) is 8.64. The van der Waals surface area contributed by atoms with E-state index in [-0.39, 0.29) is 24.0 Å². The zero-order valence-electron chi connectivity index (χ0n) is 17.9. The van der Waals surface area contributed by atoms with Crippen molar-refractivity contribution in [3.05, 3.63) is 59.7 Å². The molecule has 1 aliphatic rings. The Morgan fingerprint density at radius 1 is 1.13 bits per heavy atom. The fourth-order valence-electron chi connectivity index (χ4n) is 3.59. The van der Waals surface area contributed by atoms with Gasteiger partial charge in [0, 0.05) is 70.1 Å². The Morgan fingerprint density at radius 2 is 1.90 bits per heavy atom. The monoisotopic (exact) mass is 552 g/mol. The average molecular weight is 552 g/mol. The Balaban J connectivity index is 0.00000272. The fourth-order valence-corrected chi connectivity index (χ4v) is 4.39. The number of aryl methyl sites for hydroxylation is 1. The molecule has 0 amide bonds. The van der Waals surface area contributed by atoms with Crippen LogP contribution < -0.4 is 10.2 Å². The predicted octanol–water partition coefficient (Wildman–Crippen LogP) is 2.86.